The number of carbonyl (C=O) groups is 1. The third kappa shape index (κ3) is 4.20. The minimum atomic E-state index is -4.38. The lowest BCUT2D eigenvalue weighted by Crippen LogP contribution is -2.40. The van der Waals surface area contributed by atoms with E-state index in [1.807, 2.05) is 0 Å². The lowest BCUT2D eigenvalue weighted by molar-refractivity contribution is -0.137. The van der Waals surface area contributed by atoms with Crippen LogP contribution in [0.2, 0.25) is 0 Å². The first-order chi connectivity index (χ1) is 10.3. The molecule has 1 fully saturated rings. The lowest BCUT2D eigenvalue weighted by Gasteiger charge is -2.20. The normalized spacial score (nSPS) is 15.0. The van der Waals surface area contributed by atoms with Gasteiger partial charge in [-0.2, -0.15) is 13.2 Å². The Balaban J connectivity index is 2.07. The highest BCUT2D eigenvalue weighted by atomic mass is 19.4. The fourth-order valence-electron chi connectivity index (χ4n) is 2.15. The smallest absolute Gasteiger partial charge is 0.380 e. The minimum absolute atomic E-state index is 0.0141. The van der Waals surface area contributed by atoms with Crippen LogP contribution in [0.5, 0.6) is 0 Å². The van der Waals surface area contributed by atoms with Crippen molar-refractivity contribution < 1.29 is 22.7 Å². The van der Waals surface area contributed by atoms with Crippen LogP contribution in [0.4, 0.5) is 13.2 Å². The summed E-state index contributed by atoms with van der Waals surface area (Å²) in [6.07, 6.45) is -2.58. The first kappa shape index (κ1) is 16.8. The molecule has 0 unspecified atom stereocenters. The van der Waals surface area contributed by atoms with E-state index in [1.54, 1.807) is 7.05 Å². The van der Waals surface area contributed by atoms with Crippen LogP contribution in [-0.4, -0.2) is 25.1 Å². The number of carbonyl (C=O) groups excluding carboxylic acids is 1. The molecule has 1 aromatic rings. The predicted molar refractivity (Wildman–Crippen MR) is 74.5 cm³/mol. The number of amides is 1. The van der Waals surface area contributed by atoms with Crippen LogP contribution >= 0.6 is 0 Å². The molecule has 2 rings (SSSR count). The second kappa shape index (κ2) is 6.66. The fourth-order valence-corrected chi connectivity index (χ4v) is 2.15. The molecule has 0 spiro atoms. The number of nitrogens with zero attached hydrogens (tertiary/aromatic N) is 1. The molecule has 1 aliphatic carbocycles. The number of hydrogen-bond donors (Lipinski definition) is 1. The van der Waals surface area contributed by atoms with Gasteiger partial charge >= 0.3 is 6.18 Å². The van der Waals surface area contributed by atoms with Gasteiger partial charge in [0.2, 0.25) is 5.91 Å². The van der Waals surface area contributed by atoms with Gasteiger partial charge in [0.1, 0.15) is 0 Å². The van der Waals surface area contributed by atoms with E-state index in [0.29, 0.717) is 11.1 Å². The lowest BCUT2D eigenvalue weighted by atomic mass is 10.0. The molecular weight excluding hydrogens is 297 g/mol. The summed E-state index contributed by atoms with van der Waals surface area (Å²) in [6.45, 7) is 0.354. The molecule has 122 valence electrons. The molecule has 1 aromatic carbocycles. The zero-order chi connectivity index (χ0) is 16.3. The van der Waals surface area contributed by atoms with E-state index >= 15 is 0 Å². The topological polar surface area (TPSA) is 41.6 Å². The van der Waals surface area contributed by atoms with E-state index in [4.69, 9.17) is 4.74 Å². The molecule has 0 aromatic heterocycles. The summed E-state index contributed by atoms with van der Waals surface area (Å²) in [4.78, 5) is 11.8. The number of nitrogens with one attached hydrogen (secondary N) is 1. The van der Waals surface area contributed by atoms with Crippen LogP contribution in [0.1, 0.15) is 29.5 Å². The second-order valence-electron chi connectivity index (χ2n) is 5.42. The fraction of sp³-hybridized carbons (Fsp3) is 0.533. The standard InChI is InChI=1S/C15H19F3N2O2/c1-20(14(21)10-3-4-10)19-8-11-5-6-13(15(16,17)18)7-12(11)9-22-2/h5-7,10,19H,3-4,8-9H2,1-2H3. The molecule has 1 amide bonds. The Hall–Kier alpha value is -1.60. The first-order valence-electron chi connectivity index (χ1n) is 7.02. The van der Waals surface area contributed by atoms with Gasteiger partial charge in [-0.25, -0.2) is 5.43 Å². The van der Waals surface area contributed by atoms with E-state index < -0.39 is 11.7 Å². The van der Waals surface area contributed by atoms with Crippen molar-refractivity contribution in [2.75, 3.05) is 14.2 Å². The highest BCUT2D eigenvalue weighted by molar-refractivity contribution is 5.80. The Bertz CT molecular complexity index is 542. The van der Waals surface area contributed by atoms with Crippen molar-refractivity contribution in [2.45, 2.75) is 32.2 Å². The molecule has 1 saturated carbocycles. The summed E-state index contributed by atoms with van der Waals surface area (Å²) in [7, 11) is 3.06. The van der Waals surface area contributed by atoms with Crippen LogP contribution in [0.3, 0.4) is 0 Å². The van der Waals surface area contributed by atoms with E-state index in [9.17, 15) is 18.0 Å². The van der Waals surface area contributed by atoms with Crippen molar-refractivity contribution in [3.63, 3.8) is 0 Å². The number of alkyl halides is 3. The molecule has 0 atom stereocenters. The van der Waals surface area contributed by atoms with Gasteiger partial charge in [0, 0.05) is 26.6 Å². The highest BCUT2D eigenvalue weighted by Gasteiger charge is 2.32. The van der Waals surface area contributed by atoms with Crippen molar-refractivity contribution in [2.24, 2.45) is 5.92 Å². The summed E-state index contributed by atoms with van der Waals surface area (Å²) < 4.78 is 43.2. The van der Waals surface area contributed by atoms with Crippen LogP contribution in [0, 0.1) is 5.92 Å². The van der Waals surface area contributed by atoms with E-state index in [2.05, 4.69) is 5.43 Å². The predicted octanol–water partition coefficient (Wildman–Crippen LogP) is 2.72. The molecule has 22 heavy (non-hydrogen) atoms. The molecular formula is C15H19F3N2O2. The maximum atomic E-state index is 12.7. The largest absolute Gasteiger partial charge is 0.416 e. The molecule has 4 nitrogen and oxygen atoms in total. The summed E-state index contributed by atoms with van der Waals surface area (Å²) >= 11 is 0. The van der Waals surface area contributed by atoms with E-state index in [1.165, 1.54) is 18.2 Å². The molecule has 1 N–H and O–H groups in total. The number of ether oxygens (including phenoxy) is 1. The zero-order valence-electron chi connectivity index (χ0n) is 12.5. The van der Waals surface area contributed by atoms with Gasteiger partial charge in [0.25, 0.3) is 0 Å². The maximum absolute atomic E-state index is 12.7. The third-order valence-corrected chi connectivity index (χ3v) is 3.60. The van der Waals surface area contributed by atoms with Crippen molar-refractivity contribution in [3.05, 3.63) is 34.9 Å². The van der Waals surface area contributed by atoms with Gasteiger partial charge in [0.05, 0.1) is 12.2 Å². The van der Waals surface area contributed by atoms with Crippen molar-refractivity contribution >= 4 is 5.91 Å². The number of benzene rings is 1. The molecule has 0 saturated heterocycles. The van der Waals surface area contributed by atoms with Gasteiger partial charge in [-0.1, -0.05) is 6.07 Å². The number of rotatable bonds is 6. The monoisotopic (exact) mass is 316 g/mol. The van der Waals surface area contributed by atoms with Crippen LogP contribution in [0.15, 0.2) is 18.2 Å². The van der Waals surface area contributed by atoms with Gasteiger partial charge in [0.15, 0.2) is 0 Å². The van der Waals surface area contributed by atoms with Crippen molar-refractivity contribution in [1.82, 2.24) is 10.4 Å². The van der Waals surface area contributed by atoms with Gasteiger partial charge in [-0.15, -0.1) is 0 Å². The van der Waals surface area contributed by atoms with E-state index in [0.717, 1.165) is 25.0 Å². The molecule has 0 radical (unpaired) electrons. The molecule has 0 heterocycles. The average molecular weight is 316 g/mol. The quantitative estimate of drug-likeness (QED) is 0.821. The van der Waals surface area contributed by atoms with E-state index in [-0.39, 0.29) is 25.0 Å². The Kier molecular flexibility index (Phi) is 5.08. The number of methoxy groups -OCH3 is 1. The van der Waals surface area contributed by atoms with Crippen LogP contribution in [-0.2, 0) is 28.9 Å². The Labute approximate surface area is 127 Å². The third-order valence-electron chi connectivity index (χ3n) is 3.60. The molecule has 1 aliphatic rings. The Morgan fingerprint density at radius 3 is 2.59 bits per heavy atom. The van der Waals surface area contributed by atoms with Crippen molar-refractivity contribution in [1.29, 1.82) is 0 Å². The highest BCUT2D eigenvalue weighted by Crippen LogP contribution is 2.31. The number of hydrazine groups is 1. The summed E-state index contributed by atoms with van der Waals surface area (Å²) in [6, 6.07) is 3.54. The Morgan fingerprint density at radius 2 is 2.05 bits per heavy atom. The zero-order valence-corrected chi connectivity index (χ0v) is 12.5. The van der Waals surface area contributed by atoms with Gasteiger partial charge < -0.3 is 4.74 Å². The molecule has 7 heteroatoms. The summed E-state index contributed by atoms with van der Waals surface area (Å²) in [5.74, 6) is 0.101. The number of hydrogen-bond acceptors (Lipinski definition) is 3. The van der Waals surface area contributed by atoms with Crippen LogP contribution in [0.25, 0.3) is 0 Å². The first-order valence-corrected chi connectivity index (χ1v) is 7.02. The SMILES string of the molecule is COCc1cc(C(F)(F)F)ccc1CNN(C)C(=O)C1CC1. The maximum Gasteiger partial charge on any atom is 0.416 e. The average Bonchev–Trinajstić information content (AvgIpc) is 3.28. The molecule has 0 aliphatic heterocycles. The molecule has 0 bridgehead atoms. The van der Waals surface area contributed by atoms with Gasteiger partial charge in [-0.05, 0) is 36.1 Å². The van der Waals surface area contributed by atoms with Crippen molar-refractivity contribution in [3.8, 4) is 0 Å². The Morgan fingerprint density at radius 1 is 1.36 bits per heavy atom. The summed E-state index contributed by atoms with van der Waals surface area (Å²) in [5.41, 5.74) is 3.35. The summed E-state index contributed by atoms with van der Waals surface area (Å²) in [5, 5.41) is 1.41. The van der Waals surface area contributed by atoms with Gasteiger partial charge in [-0.3, -0.25) is 9.80 Å². The number of halogens is 3. The second-order valence-corrected chi connectivity index (χ2v) is 5.42. The van der Waals surface area contributed by atoms with Crippen LogP contribution < -0.4 is 5.43 Å². The minimum Gasteiger partial charge on any atom is -0.380 e.